The van der Waals surface area contributed by atoms with Crippen LogP contribution in [-0.4, -0.2) is 25.8 Å². The summed E-state index contributed by atoms with van der Waals surface area (Å²) in [4.78, 5) is 11.9. The molecule has 1 rings (SSSR count). The van der Waals surface area contributed by atoms with Crippen LogP contribution in [0.5, 0.6) is 0 Å². The third-order valence-corrected chi connectivity index (χ3v) is 3.86. The van der Waals surface area contributed by atoms with E-state index in [-0.39, 0.29) is 5.97 Å². The van der Waals surface area contributed by atoms with Crippen molar-refractivity contribution < 1.29 is 14.3 Å². The van der Waals surface area contributed by atoms with E-state index in [1.54, 1.807) is 0 Å². The molecule has 0 unspecified atom stereocenters. The van der Waals surface area contributed by atoms with Crippen molar-refractivity contribution in [3.05, 3.63) is 35.4 Å². The zero-order valence-corrected chi connectivity index (χ0v) is 14.8. The number of carbonyl (C=O) groups excluding carboxylic acids is 1. The van der Waals surface area contributed by atoms with Crippen LogP contribution in [0.15, 0.2) is 24.3 Å². The molecule has 0 fully saturated rings. The first-order valence-corrected chi connectivity index (χ1v) is 9.11. The maximum atomic E-state index is 11.9. The summed E-state index contributed by atoms with van der Waals surface area (Å²) >= 11 is 0. The Labute approximate surface area is 141 Å². The van der Waals surface area contributed by atoms with Gasteiger partial charge in [0.1, 0.15) is 6.61 Å². The summed E-state index contributed by atoms with van der Waals surface area (Å²) in [5.41, 5.74) is 1.89. The molecule has 0 aliphatic rings. The molecular weight excluding hydrogens is 288 g/mol. The number of benzene rings is 1. The third kappa shape index (κ3) is 9.39. The van der Waals surface area contributed by atoms with Crippen molar-refractivity contribution in [1.29, 1.82) is 0 Å². The van der Waals surface area contributed by atoms with Gasteiger partial charge in [0, 0.05) is 6.61 Å². The molecule has 0 N–H and O–H groups in total. The van der Waals surface area contributed by atoms with Crippen molar-refractivity contribution in [2.24, 2.45) is 0 Å². The van der Waals surface area contributed by atoms with E-state index in [2.05, 4.69) is 13.8 Å². The van der Waals surface area contributed by atoms with Crippen LogP contribution >= 0.6 is 0 Å². The van der Waals surface area contributed by atoms with Crippen LogP contribution < -0.4 is 0 Å². The van der Waals surface area contributed by atoms with Crippen molar-refractivity contribution in [2.75, 3.05) is 19.8 Å². The molecule has 130 valence electrons. The van der Waals surface area contributed by atoms with Gasteiger partial charge in [-0.1, -0.05) is 58.1 Å². The van der Waals surface area contributed by atoms with E-state index in [9.17, 15) is 4.79 Å². The topological polar surface area (TPSA) is 35.5 Å². The lowest BCUT2D eigenvalue weighted by molar-refractivity contribution is 0.0312. The van der Waals surface area contributed by atoms with Crippen molar-refractivity contribution in [3.8, 4) is 0 Å². The van der Waals surface area contributed by atoms with E-state index in [0.29, 0.717) is 18.8 Å². The van der Waals surface area contributed by atoms with Gasteiger partial charge >= 0.3 is 5.97 Å². The first kappa shape index (κ1) is 19.7. The summed E-state index contributed by atoms with van der Waals surface area (Å²) in [6.07, 6.45) is 9.58. The summed E-state index contributed by atoms with van der Waals surface area (Å²) < 4.78 is 10.7. The molecule has 0 aliphatic heterocycles. The predicted octanol–water partition coefficient (Wildman–Crippen LogP) is 5.17. The van der Waals surface area contributed by atoms with Crippen LogP contribution in [0.25, 0.3) is 0 Å². The number of unbranched alkanes of at least 4 members (excludes halogenated alkanes) is 5. The molecule has 0 atom stereocenters. The minimum atomic E-state index is -0.265. The Morgan fingerprint density at radius 1 is 0.826 bits per heavy atom. The van der Waals surface area contributed by atoms with E-state index in [4.69, 9.17) is 9.47 Å². The number of ether oxygens (including phenoxy) is 2. The Morgan fingerprint density at radius 2 is 1.52 bits per heavy atom. The highest BCUT2D eigenvalue weighted by Crippen LogP contribution is 2.09. The van der Waals surface area contributed by atoms with Crippen molar-refractivity contribution in [2.45, 2.75) is 65.2 Å². The monoisotopic (exact) mass is 320 g/mol. The minimum absolute atomic E-state index is 0.265. The van der Waals surface area contributed by atoms with Gasteiger partial charge in [-0.2, -0.15) is 0 Å². The Kier molecular flexibility index (Phi) is 11.2. The first-order valence-electron chi connectivity index (χ1n) is 9.11. The van der Waals surface area contributed by atoms with Gasteiger partial charge in [0.2, 0.25) is 0 Å². The van der Waals surface area contributed by atoms with Crippen LogP contribution in [0.4, 0.5) is 0 Å². The molecule has 0 bridgehead atoms. The van der Waals surface area contributed by atoms with Crippen LogP contribution in [0.2, 0.25) is 0 Å². The zero-order chi connectivity index (χ0) is 16.8. The largest absolute Gasteiger partial charge is 0.460 e. The molecule has 1 aromatic rings. The highest BCUT2D eigenvalue weighted by atomic mass is 16.6. The van der Waals surface area contributed by atoms with E-state index >= 15 is 0 Å². The van der Waals surface area contributed by atoms with Crippen molar-refractivity contribution in [1.82, 2.24) is 0 Å². The predicted molar refractivity (Wildman–Crippen MR) is 94.9 cm³/mol. The normalized spacial score (nSPS) is 10.7. The van der Waals surface area contributed by atoms with Gasteiger partial charge in [-0.25, -0.2) is 4.79 Å². The van der Waals surface area contributed by atoms with Crippen LogP contribution in [0.1, 0.15) is 74.7 Å². The van der Waals surface area contributed by atoms with E-state index in [0.717, 1.165) is 19.4 Å². The van der Waals surface area contributed by atoms with Gasteiger partial charge in [0.05, 0.1) is 12.2 Å². The first-order chi connectivity index (χ1) is 11.3. The molecule has 0 heterocycles. The maximum Gasteiger partial charge on any atom is 0.338 e. The molecule has 23 heavy (non-hydrogen) atoms. The van der Waals surface area contributed by atoms with Crippen molar-refractivity contribution >= 4 is 5.97 Å². The standard InChI is InChI=1S/C20H32O3/c1-3-5-7-8-9-15-22-16-17-23-20(21)19-13-11-18(12-14-19)10-6-4-2/h11-14H,3-10,15-17H2,1-2H3. The molecule has 0 aromatic heterocycles. The number of rotatable bonds is 13. The van der Waals surface area contributed by atoms with Gasteiger partial charge in [-0.15, -0.1) is 0 Å². The second-order valence-corrected chi connectivity index (χ2v) is 5.96. The average molecular weight is 320 g/mol. The lowest BCUT2D eigenvalue weighted by atomic mass is 10.1. The van der Waals surface area contributed by atoms with E-state index < -0.39 is 0 Å². The molecule has 3 nitrogen and oxygen atoms in total. The van der Waals surface area contributed by atoms with Gasteiger partial charge in [0.15, 0.2) is 0 Å². The summed E-state index contributed by atoms with van der Waals surface area (Å²) in [5.74, 6) is -0.265. The summed E-state index contributed by atoms with van der Waals surface area (Å²) in [7, 11) is 0. The fourth-order valence-electron chi connectivity index (χ4n) is 2.37. The lowest BCUT2D eigenvalue weighted by Gasteiger charge is -2.07. The Balaban J connectivity index is 2.09. The second kappa shape index (κ2) is 13.1. The molecule has 0 radical (unpaired) electrons. The maximum absolute atomic E-state index is 11.9. The molecule has 0 amide bonds. The Hall–Kier alpha value is -1.35. The zero-order valence-electron chi connectivity index (χ0n) is 14.8. The number of hydrogen-bond acceptors (Lipinski definition) is 3. The van der Waals surface area contributed by atoms with Crippen LogP contribution in [0.3, 0.4) is 0 Å². The number of esters is 1. The summed E-state index contributed by atoms with van der Waals surface area (Å²) in [5, 5.41) is 0. The highest BCUT2D eigenvalue weighted by molar-refractivity contribution is 5.89. The van der Waals surface area contributed by atoms with Gasteiger partial charge < -0.3 is 9.47 Å². The fraction of sp³-hybridized carbons (Fsp3) is 0.650. The summed E-state index contributed by atoms with van der Waals surface area (Å²) in [6.45, 7) is 5.95. The SMILES string of the molecule is CCCCCCCOCCOC(=O)c1ccc(CCCC)cc1. The molecule has 0 saturated heterocycles. The van der Waals surface area contributed by atoms with Gasteiger partial charge in [-0.05, 0) is 37.0 Å². The minimum Gasteiger partial charge on any atom is -0.460 e. The molecule has 3 heteroatoms. The Morgan fingerprint density at radius 3 is 2.22 bits per heavy atom. The van der Waals surface area contributed by atoms with Gasteiger partial charge in [-0.3, -0.25) is 0 Å². The molecule has 1 aromatic carbocycles. The second-order valence-electron chi connectivity index (χ2n) is 5.96. The highest BCUT2D eigenvalue weighted by Gasteiger charge is 2.06. The average Bonchev–Trinajstić information content (AvgIpc) is 2.58. The van der Waals surface area contributed by atoms with Crippen molar-refractivity contribution in [3.63, 3.8) is 0 Å². The smallest absolute Gasteiger partial charge is 0.338 e. The van der Waals surface area contributed by atoms with E-state index in [1.807, 2.05) is 24.3 Å². The number of carbonyl (C=O) groups is 1. The summed E-state index contributed by atoms with van der Waals surface area (Å²) in [6, 6.07) is 7.72. The van der Waals surface area contributed by atoms with E-state index in [1.165, 1.54) is 44.1 Å². The van der Waals surface area contributed by atoms with Crippen LogP contribution in [-0.2, 0) is 15.9 Å². The lowest BCUT2D eigenvalue weighted by Crippen LogP contribution is -2.11. The number of aryl methyl sites for hydroxylation is 1. The Bertz CT molecular complexity index is 411. The molecular formula is C20H32O3. The number of hydrogen-bond donors (Lipinski definition) is 0. The molecule has 0 aliphatic carbocycles. The van der Waals surface area contributed by atoms with Gasteiger partial charge in [0.25, 0.3) is 0 Å². The molecule has 0 spiro atoms. The van der Waals surface area contributed by atoms with Crippen LogP contribution in [0, 0.1) is 0 Å². The fourth-order valence-corrected chi connectivity index (χ4v) is 2.37. The molecule has 0 saturated carbocycles. The third-order valence-electron chi connectivity index (χ3n) is 3.86. The quantitative estimate of drug-likeness (QED) is 0.371.